The summed E-state index contributed by atoms with van der Waals surface area (Å²) in [5.41, 5.74) is 0. The van der Waals surface area contributed by atoms with Gasteiger partial charge in [-0.05, 0) is 23.3 Å². The number of likely N-dealkylation sites (tertiary alicyclic amines) is 1. The summed E-state index contributed by atoms with van der Waals surface area (Å²) in [5, 5.41) is 12.7. The molecule has 2 aliphatic rings. The van der Waals surface area contributed by atoms with Crippen molar-refractivity contribution in [1.29, 1.82) is 0 Å². The van der Waals surface area contributed by atoms with Crippen molar-refractivity contribution >= 4 is 23.6 Å². The second-order valence-corrected chi connectivity index (χ2v) is 6.55. The predicted molar refractivity (Wildman–Crippen MR) is 76.6 cm³/mol. The van der Waals surface area contributed by atoms with Gasteiger partial charge in [0.15, 0.2) is 0 Å². The Kier molecular flexibility index (Phi) is 4.52. The van der Waals surface area contributed by atoms with Crippen LogP contribution >= 0.6 is 11.8 Å². The maximum absolute atomic E-state index is 11.5. The van der Waals surface area contributed by atoms with E-state index in [1.54, 1.807) is 0 Å². The van der Waals surface area contributed by atoms with E-state index >= 15 is 0 Å². The molecule has 1 aromatic rings. The molecule has 0 spiro atoms. The van der Waals surface area contributed by atoms with Crippen LogP contribution in [0.25, 0.3) is 0 Å². The second-order valence-electron chi connectivity index (χ2n) is 5.49. The first-order valence-electron chi connectivity index (χ1n) is 7.49. The summed E-state index contributed by atoms with van der Waals surface area (Å²) in [4.78, 5) is 24.4. The van der Waals surface area contributed by atoms with Gasteiger partial charge in [-0.15, -0.1) is 5.10 Å². The highest BCUT2D eigenvalue weighted by Crippen LogP contribution is 2.30. The fraction of sp³-hybridized carbons (Fsp3) is 0.769. The summed E-state index contributed by atoms with van der Waals surface area (Å²) in [6.07, 6.45) is 6.70. The Morgan fingerprint density at radius 3 is 2.52 bits per heavy atom. The van der Waals surface area contributed by atoms with Crippen LogP contribution in [0.2, 0.25) is 0 Å². The monoisotopic (exact) mass is 309 g/mol. The number of thioether (sulfide) groups is 1. The van der Waals surface area contributed by atoms with Crippen molar-refractivity contribution in [3.63, 3.8) is 0 Å². The van der Waals surface area contributed by atoms with Crippen LogP contribution in [0.3, 0.4) is 0 Å². The number of amides is 2. The highest BCUT2D eigenvalue weighted by atomic mass is 32.2. The van der Waals surface area contributed by atoms with Crippen LogP contribution in [-0.2, 0) is 9.59 Å². The molecule has 0 bridgehead atoms. The lowest BCUT2D eigenvalue weighted by Crippen LogP contribution is -2.31. The summed E-state index contributed by atoms with van der Waals surface area (Å²) in [6, 6.07) is 0.395. The van der Waals surface area contributed by atoms with Crippen LogP contribution in [0.15, 0.2) is 5.16 Å². The van der Waals surface area contributed by atoms with E-state index in [0.717, 1.165) is 18.0 Å². The lowest BCUT2D eigenvalue weighted by Gasteiger charge is -2.22. The normalized spacial score (nSPS) is 20.5. The van der Waals surface area contributed by atoms with Gasteiger partial charge >= 0.3 is 0 Å². The highest BCUT2D eigenvalue weighted by Gasteiger charge is 2.28. The molecule has 1 aliphatic carbocycles. The van der Waals surface area contributed by atoms with Crippen LogP contribution in [0.1, 0.15) is 51.0 Å². The van der Waals surface area contributed by atoms with Gasteiger partial charge in [0.05, 0.1) is 6.04 Å². The molecule has 1 aromatic heterocycles. The number of imide groups is 1. The molecule has 8 heteroatoms. The molecule has 2 amide bonds. The third-order valence-corrected chi connectivity index (χ3v) is 5.00. The summed E-state index contributed by atoms with van der Waals surface area (Å²) in [7, 11) is 0. The number of tetrazole rings is 1. The Bertz CT molecular complexity index is 510. The van der Waals surface area contributed by atoms with Crippen LogP contribution in [0.4, 0.5) is 0 Å². The van der Waals surface area contributed by atoms with Crippen molar-refractivity contribution in [3.8, 4) is 0 Å². The zero-order valence-electron chi connectivity index (χ0n) is 11.9. The number of nitrogens with zero attached hydrogens (tertiary/aromatic N) is 5. The fourth-order valence-electron chi connectivity index (χ4n) is 2.94. The van der Waals surface area contributed by atoms with E-state index in [0.29, 0.717) is 31.2 Å². The van der Waals surface area contributed by atoms with Gasteiger partial charge in [0.2, 0.25) is 17.0 Å². The number of hydrogen-bond donors (Lipinski definition) is 0. The van der Waals surface area contributed by atoms with Crippen molar-refractivity contribution in [3.05, 3.63) is 0 Å². The van der Waals surface area contributed by atoms with Crippen molar-refractivity contribution in [2.75, 3.05) is 12.3 Å². The van der Waals surface area contributed by atoms with Gasteiger partial charge in [0, 0.05) is 25.1 Å². The third-order valence-electron chi connectivity index (χ3n) is 4.08. The molecule has 114 valence electrons. The molecule has 0 N–H and O–H groups in total. The summed E-state index contributed by atoms with van der Waals surface area (Å²) >= 11 is 1.52. The van der Waals surface area contributed by atoms with Crippen LogP contribution in [-0.4, -0.2) is 49.2 Å². The van der Waals surface area contributed by atoms with E-state index in [1.165, 1.54) is 35.9 Å². The number of rotatable bonds is 5. The lowest BCUT2D eigenvalue weighted by atomic mass is 9.96. The second kappa shape index (κ2) is 6.55. The first-order valence-corrected chi connectivity index (χ1v) is 8.48. The van der Waals surface area contributed by atoms with E-state index in [-0.39, 0.29) is 11.8 Å². The molecule has 0 aromatic carbocycles. The van der Waals surface area contributed by atoms with Crippen molar-refractivity contribution in [2.24, 2.45) is 0 Å². The lowest BCUT2D eigenvalue weighted by molar-refractivity contribution is -0.137. The minimum atomic E-state index is -0.0625. The maximum Gasteiger partial charge on any atom is 0.229 e. The minimum absolute atomic E-state index is 0.0625. The third kappa shape index (κ3) is 3.25. The van der Waals surface area contributed by atoms with Crippen LogP contribution in [0, 0.1) is 0 Å². The molecule has 7 nitrogen and oxygen atoms in total. The Morgan fingerprint density at radius 2 is 1.81 bits per heavy atom. The molecule has 3 rings (SSSR count). The number of hydrogen-bond acceptors (Lipinski definition) is 6. The van der Waals surface area contributed by atoms with Crippen LogP contribution < -0.4 is 0 Å². The number of carbonyl (C=O) groups excluding carboxylic acids is 2. The molecule has 2 fully saturated rings. The molecule has 21 heavy (non-hydrogen) atoms. The molecule has 0 radical (unpaired) electrons. The standard InChI is InChI=1S/C13H19N5O2S/c19-11-6-7-12(20)17(11)8-9-21-13-14-15-16-18(13)10-4-2-1-3-5-10/h10H,1-9H2. The van der Waals surface area contributed by atoms with Crippen molar-refractivity contribution < 1.29 is 9.59 Å². The van der Waals surface area contributed by atoms with Gasteiger partial charge in [-0.25, -0.2) is 4.68 Å². The Balaban J connectivity index is 1.55. The van der Waals surface area contributed by atoms with Crippen LogP contribution in [0.5, 0.6) is 0 Å². The first kappa shape index (κ1) is 14.5. The summed E-state index contributed by atoms with van der Waals surface area (Å²) in [6.45, 7) is 0.444. The van der Waals surface area contributed by atoms with Crippen molar-refractivity contribution in [1.82, 2.24) is 25.1 Å². The summed E-state index contributed by atoms with van der Waals surface area (Å²) < 4.78 is 1.91. The zero-order chi connectivity index (χ0) is 14.7. The topological polar surface area (TPSA) is 81.0 Å². The molecule has 0 atom stereocenters. The highest BCUT2D eigenvalue weighted by molar-refractivity contribution is 7.99. The molecular weight excluding hydrogens is 290 g/mol. The van der Waals surface area contributed by atoms with Gasteiger partial charge in [-0.3, -0.25) is 14.5 Å². The van der Waals surface area contributed by atoms with Gasteiger partial charge in [0.25, 0.3) is 0 Å². The van der Waals surface area contributed by atoms with Crippen molar-refractivity contribution in [2.45, 2.75) is 56.1 Å². The predicted octanol–water partition coefficient (Wildman–Crippen LogP) is 1.42. The number of carbonyl (C=O) groups is 2. The zero-order valence-corrected chi connectivity index (χ0v) is 12.7. The molecule has 1 saturated carbocycles. The molecule has 0 unspecified atom stereocenters. The molecule has 1 saturated heterocycles. The molecule has 1 aliphatic heterocycles. The Morgan fingerprint density at radius 1 is 1.10 bits per heavy atom. The first-order chi connectivity index (χ1) is 10.3. The van der Waals surface area contributed by atoms with E-state index < -0.39 is 0 Å². The summed E-state index contributed by atoms with van der Waals surface area (Å²) in [5.74, 6) is 0.518. The quantitative estimate of drug-likeness (QED) is 0.604. The van der Waals surface area contributed by atoms with Gasteiger partial charge in [-0.2, -0.15) is 0 Å². The van der Waals surface area contributed by atoms with E-state index in [2.05, 4.69) is 15.5 Å². The molecule has 2 heterocycles. The van der Waals surface area contributed by atoms with Gasteiger partial charge < -0.3 is 0 Å². The largest absolute Gasteiger partial charge is 0.282 e. The fourth-order valence-corrected chi connectivity index (χ4v) is 3.80. The SMILES string of the molecule is O=C1CCC(=O)N1CCSc1nnnn1C1CCCCC1. The van der Waals surface area contributed by atoms with E-state index in [4.69, 9.17) is 0 Å². The number of aromatic nitrogens is 4. The van der Waals surface area contributed by atoms with E-state index in [9.17, 15) is 9.59 Å². The maximum atomic E-state index is 11.5. The average molecular weight is 309 g/mol. The van der Waals surface area contributed by atoms with Gasteiger partial charge in [-0.1, -0.05) is 31.0 Å². The Labute approximate surface area is 127 Å². The van der Waals surface area contributed by atoms with Gasteiger partial charge in [0.1, 0.15) is 0 Å². The smallest absolute Gasteiger partial charge is 0.229 e. The van der Waals surface area contributed by atoms with E-state index in [1.807, 2.05) is 4.68 Å². The Hall–Kier alpha value is -1.44. The minimum Gasteiger partial charge on any atom is -0.282 e. The average Bonchev–Trinajstić information content (AvgIpc) is 3.09. The molecular formula is C13H19N5O2S.